The van der Waals surface area contributed by atoms with Gasteiger partial charge in [0.1, 0.15) is 0 Å². The second kappa shape index (κ2) is 8.10. The Morgan fingerprint density at radius 3 is 2.58 bits per heavy atom. The van der Waals surface area contributed by atoms with Crippen LogP contribution in [0.25, 0.3) is 0 Å². The molecule has 1 amide bonds. The molecule has 132 valence electrons. The number of hydrogen-bond acceptors (Lipinski definition) is 4. The molecule has 2 fully saturated rings. The fourth-order valence-corrected chi connectivity index (χ4v) is 3.80. The molecule has 5 heteroatoms. The van der Waals surface area contributed by atoms with Crippen molar-refractivity contribution < 1.29 is 9.53 Å². The van der Waals surface area contributed by atoms with Crippen molar-refractivity contribution in [1.82, 2.24) is 9.80 Å². The predicted molar refractivity (Wildman–Crippen MR) is 94.8 cm³/mol. The minimum absolute atomic E-state index is 0.120. The maximum atomic E-state index is 12.9. The maximum absolute atomic E-state index is 12.9. The molecule has 2 atom stereocenters. The summed E-state index contributed by atoms with van der Waals surface area (Å²) in [5.41, 5.74) is 7.94. The third-order valence-electron chi connectivity index (χ3n) is 5.33. The van der Waals surface area contributed by atoms with E-state index in [2.05, 4.69) is 24.0 Å². The summed E-state index contributed by atoms with van der Waals surface area (Å²) in [6.45, 7) is 8.05. The van der Waals surface area contributed by atoms with Gasteiger partial charge in [-0.1, -0.05) is 19.1 Å². The standard InChI is InChI=1S/C19H29N3O2/c1-15-3-2-8-22(18(15)13-20)19(23)17-6-4-16(5-7-17)14-21-9-11-24-12-10-21/h4-7,15,18H,2-3,8-14,20H2,1H3/t15-,18+/m0/s1. The highest BCUT2D eigenvalue weighted by atomic mass is 16.5. The van der Waals surface area contributed by atoms with Crippen molar-refractivity contribution in [3.8, 4) is 0 Å². The van der Waals surface area contributed by atoms with Crippen LogP contribution in [0, 0.1) is 5.92 Å². The fraction of sp³-hybridized carbons (Fsp3) is 0.632. The molecule has 0 spiro atoms. The summed E-state index contributed by atoms with van der Waals surface area (Å²) in [5, 5.41) is 0. The Morgan fingerprint density at radius 1 is 1.21 bits per heavy atom. The van der Waals surface area contributed by atoms with Gasteiger partial charge in [0.05, 0.1) is 13.2 Å². The number of amides is 1. The van der Waals surface area contributed by atoms with E-state index in [1.165, 1.54) is 5.56 Å². The van der Waals surface area contributed by atoms with Gasteiger partial charge in [0.25, 0.3) is 5.91 Å². The SMILES string of the molecule is C[C@H]1CCCN(C(=O)c2ccc(CN3CCOCC3)cc2)[C@@H]1CN. The number of ether oxygens (including phenoxy) is 1. The number of rotatable bonds is 4. The van der Waals surface area contributed by atoms with Crippen molar-refractivity contribution in [3.63, 3.8) is 0 Å². The Kier molecular flexibility index (Phi) is 5.87. The van der Waals surface area contributed by atoms with Crippen LogP contribution >= 0.6 is 0 Å². The molecule has 3 rings (SSSR count). The van der Waals surface area contributed by atoms with E-state index in [9.17, 15) is 4.79 Å². The molecule has 1 aromatic carbocycles. The molecular formula is C19H29N3O2. The molecule has 1 aromatic rings. The molecule has 0 aliphatic carbocycles. The average molecular weight is 331 g/mol. The molecule has 5 nitrogen and oxygen atoms in total. The van der Waals surface area contributed by atoms with E-state index in [1.807, 2.05) is 17.0 Å². The summed E-state index contributed by atoms with van der Waals surface area (Å²) in [7, 11) is 0. The number of piperidine rings is 1. The van der Waals surface area contributed by atoms with Crippen molar-refractivity contribution in [2.45, 2.75) is 32.4 Å². The number of nitrogens with two attached hydrogens (primary N) is 1. The lowest BCUT2D eigenvalue weighted by Gasteiger charge is -2.39. The summed E-state index contributed by atoms with van der Waals surface area (Å²) in [5.74, 6) is 0.600. The molecule has 2 heterocycles. The third kappa shape index (κ3) is 3.97. The van der Waals surface area contributed by atoms with Crippen molar-refractivity contribution >= 4 is 5.91 Å². The van der Waals surface area contributed by atoms with E-state index in [4.69, 9.17) is 10.5 Å². The maximum Gasteiger partial charge on any atom is 0.254 e. The number of morpholine rings is 1. The summed E-state index contributed by atoms with van der Waals surface area (Å²) in [6.07, 6.45) is 2.22. The minimum atomic E-state index is 0.120. The van der Waals surface area contributed by atoms with Crippen molar-refractivity contribution in [2.75, 3.05) is 39.4 Å². The summed E-state index contributed by atoms with van der Waals surface area (Å²) >= 11 is 0. The monoisotopic (exact) mass is 331 g/mol. The number of hydrogen-bond donors (Lipinski definition) is 1. The smallest absolute Gasteiger partial charge is 0.254 e. The Balaban J connectivity index is 1.64. The van der Waals surface area contributed by atoms with Crippen LogP contribution < -0.4 is 5.73 Å². The van der Waals surface area contributed by atoms with Crippen molar-refractivity contribution in [2.24, 2.45) is 11.7 Å². The molecule has 0 radical (unpaired) electrons. The van der Waals surface area contributed by atoms with Crippen LogP contribution in [0.3, 0.4) is 0 Å². The first-order valence-corrected chi connectivity index (χ1v) is 9.09. The number of carbonyl (C=O) groups is 1. The molecule has 2 N–H and O–H groups in total. The largest absolute Gasteiger partial charge is 0.379 e. The molecule has 0 unspecified atom stereocenters. The Hall–Kier alpha value is -1.43. The number of likely N-dealkylation sites (tertiary alicyclic amines) is 1. The Bertz CT molecular complexity index is 540. The van der Waals surface area contributed by atoms with Crippen LogP contribution in [0.15, 0.2) is 24.3 Å². The molecule has 2 aliphatic rings. The van der Waals surface area contributed by atoms with Gasteiger partial charge in [-0.05, 0) is 36.5 Å². The number of benzene rings is 1. The second-order valence-corrected chi connectivity index (χ2v) is 7.01. The normalized spacial score (nSPS) is 25.7. The summed E-state index contributed by atoms with van der Waals surface area (Å²) in [4.78, 5) is 17.2. The predicted octanol–water partition coefficient (Wildman–Crippen LogP) is 1.72. The molecular weight excluding hydrogens is 302 g/mol. The van der Waals surface area contributed by atoms with Crippen LogP contribution in [0.5, 0.6) is 0 Å². The molecule has 2 saturated heterocycles. The first-order valence-electron chi connectivity index (χ1n) is 9.09. The van der Waals surface area contributed by atoms with E-state index in [-0.39, 0.29) is 11.9 Å². The topological polar surface area (TPSA) is 58.8 Å². The van der Waals surface area contributed by atoms with Gasteiger partial charge >= 0.3 is 0 Å². The first-order chi connectivity index (χ1) is 11.7. The van der Waals surface area contributed by atoms with E-state index in [0.717, 1.165) is 57.8 Å². The Morgan fingerprint density at radius 2 is 1.92 bits per heavy atom. The number of nitrogens with zero attached hydrogens (tertiary/aromatic N) is 2. The summed E-state index contributed by atoms with van der Waals surface area (Å²) in [6, 6.07) is 8.25. The lowest BCUT2D eigenvalue weighted by Crippen LogP contribution is -2.51. The van der Waals surface area contributed by atoms with Gasteiger partial charge in [-0.15, -0.1) is 0 Å². The highest BCUT2D eigenvalue weighted by molar-refractivity contribution is 5.94. The third-order valence-corrected chi connectivity index (χ3v) is 5.33. The van der Waals surface area contributed by atoms with Crippen LogP contribution in [0.2, 0.25) is 0 Å². The quantitative estimate of drug-likeness (QED) is 0.913. The minimum Gasteiger partial charge on any atom is -0.379 e. The molecule has 24 heavy (non-hydrogen) atoms. The molecule has 2 aliphatic heterocycles. The van der Waals surface area contributed by atoms with Gasteiger partial charge in [-0.25, -0.2) is 0 Å². The van der Waals surface area contributed by atoms with Gasteiger partial charge < -0.3 is 15.4 Å². The van der Waals surface area contributed by atoms with E-state index >= 15 is 0 Å². The molecule has 0 aromatic heterocycles. The zero-order valence-corrected chi connectivity index (χ0v) is 14.6. The molecule has 0 bridgehead atoms. The molecule has 0 saturated carbocycles. The first kappa shape index (κ1) is 17.4. The number of carbonyl (C=O) groups excluding carboxylic acids is 1. The second-order valence-electron chi connectivity index (χ2n) is 7.01. The van der Waals surface area contributed by atoms with E-state index < -0.39 is 0 Å². The Labute approximate surface area is 144 Å². The van der Waals surface area contributed by atoms with Crippen LogP contribution in [0.1, 0.15) is 35.7 Å². The van der Waals surface area contributed by atoms with Crippen LogP contribution in [-0.4, -0.2) is 61.1 Å². The van der Waals surface area contributed by atoms with Gasteiger partial charge in [0, 0.05) is 44.3 Å². The van der Waals surface area contributed by atoms with Crippen LogP contribution in [0.4, 0.5) is 0 Å². The van der Waals surface area contributed by atoms with E-state index in [1.54, 1.807) is 0 Å². The highest BCUT2D eigenvalue weighted by Crippen LogP contribution is 2.24. The zero-order valence-electron chi connectivity index (χ0n) is 14.6. The van der Waals surface area contributed by atoms with Gasteiger partial charge in [-0.2, -0.15) is 0 Å². The van der Waals surface area contributed by atoms with Gasteiger partial charge in [0.15, 0.2) is 0 Å². The van der Waals surface area contributed by atoms with Gasteiger partial charge in [-0.3, -0.25) is 9.69 Å². The zero-order chi connectivity index (χ0) is 16.9. The lowest BCUT2D eigenvalue weighted by molar-refractivity contribution is 0.0342. The summed E-state index contributed by atoms with van der Waals surface area (Å²) < 4.78 is 5.38. The highest BCUT2D eigenvalue weighted by Gasteiger charge is 2.31. The van der Waals surface area contributed by atoms with Crippen molar-refractivity contribution in [3.05, 3.63) is 35.4 Å². The van der Waals surface area contributed by atoms with Gasteiger partial charge in [0.2, 0.25) is 0 Å². The van der Waals surface area contributed by atoms with Crippen molar-refractivity contribution in [1.29, 1.82) is 0 Å². The average Bonchev–Trinajstić information content (AvgIpc) is 2.62. The lowest BCUT2D eigenvalue weighted by atomic mass is 9.90. The fourth-order valence-electron chi connectivity index (χ4n) is 3.80. The van der Waals surface area contributed by atoms with Crippen LogP contribution in [-0.2, 0) is 11.3 Å². The van der Waals surface area contributed by atoms with E-state index in [0.29, 0.717) is 12.5 Å².